The molecule has 2 N–H and O–H groups in total. The Kier molecular flexibility index (Phi) is 10.4. The SMILES string of the molecule is C[C@H]1CN(c2ccncc2NCc2ccc(F)c(-c3c(F)cccc3F)n2)C[C@@H](NC(=O)OC(C)(C)C)[C@@H]1O[Si](C)(C)C(C)(C)C. The Morgan fingerprint density at radius 3 is 2.30 bits per heavy atom. The zero-order chi connectivity index (χ0) is 34.0. The molecule has 12 heteroatoms. The second-order valence-electron chi connectivity index (χ2n) is 14.5. The van der Waals surface area contributed by atoms with Gasteiger partial charge in [0.25, 0.3) is 0 Å². The lowest BCUT2D eigenvalue weighted by Gasteiger charge is -2.48. The van der Waals surface area contributed by atoms with Gasteiger partial charge in [-0.2, -0.15) is 0 Å². The fraction of sp³-hybridized carbons (Fsp3) is 0.500. The predicted octanol–water partition coefficient (Wildman–Crippen LogP) is 7.91. The molecule has 0 unspecified atom stereocenters. The lowest BCUT2D eigenvalue weighted by Crippen LogP contribution is -2.62. The van der Waals surface area contributed by atoms with E-state index in [-0.39, 0.29) is 29.6 Å². The summed E-state index contributed by atoms with van der Waals surface area (Å²) in [5.74, 6) is -2.57. The van der Waals surface area contributed by atoms with Crippen LogP contribution < -0.4 is 15.5 Å². The fourth-order valence-electron chi connectivity index (χ4n) is 5.23. The molecule has 1 saturated heterocycles. The van der Waals surface area contributed by atoms with Crippen LogP contribution in [0.3, 0.4) is 0 Å². The van der Waals surface area contributed by atoms with Crippen LogP contribution in [0.4, 0.5) is 29.3 Å². The number of carbonyl (C=O) groups is 1. The van der Waals surface area contributed by atoms with E-state index in [1.54, 1.807) is 12.4 Å². The van der Waals surface area contributed by atoms with Crippen LogP contribution in [0.15, 0.2) is 48.8 Å². The third-order valence-corrected chi connectivity index (χ3v) is 13.0. The summed E-state index contributed by atoms with van der Waals surface area (Å²) in [6.45, 7) is 19.8. The van der Waals surface area contributed by atoms with Gasteiger partial charge in [0.05, 0.1) is 47.5 Å². The Morgan fingerprint density at radius 1 is 1.00 bits per heavy atom. The summed E-state index contributed by atoms with van der Waals surface area (Å²) in [5.41, 5.74) is 0.339. The van der Waals surface area contributed by atoms with E-state index in [1.165, 1.54) is 12.1 Å². The molecule has 2 aromatic heterocycles. The number of amides is 1. The highest BCUT2D eigenvalue weighted by molar-refractivity contribution is 6.74. The number of hydrogen-bond donors (Lipinski definition) is 2. The molecular formula is C34H46F3N5O3Si. The first-order valence-electron chi connectivity index (χ1n) is 15.6. The topological polar surface area (TPSA) is 88.6 Å². The molecule has 3 aromatic rings. The van der Waals surface area contributed by atoms with E-state index in [9.17, 15) is 18.0 Å². The van der Waals surface area contributed by atoms with Crippen molar-refractivity contribution in [1.82, 2.24) is 15.3 Å². The number of rotatable bonds is 8. The van der Waals surface area contributed by atoms with Crippen LogP contribution in [-0.4, -0.2) is 55.2 Å². The van der Waals surface area contributed by atoms with E-state index in [2.05, 4.69) is 66.3 Å². The maximum atomic E-state index is 14.7. The molecule has 1 fully saturated rings. The number of anilines is 2. The molecule has 4 rings (SSSR count). The van der Waals surface area contributed by atoms with Gasteiger partial charge in [-0.25, -0.2) is 22.9 Å². The molecule has 8 nitrogen and oxygen atoms in total. The molecule has 0 radical (unpaired) electrons. The molecule has 3 heterocycles. The molecule has 46 heavy (non-hydrogen) atoms. The number of hydrogen-bond acceptors (Lipinski definition) is 7. The van der Waals surface area contributed by atoms with Gasteiger partial charge in [0.1, 0.15) is 28.7 Å². The maximum Gasteiger partial charge on any atom is 0.408 e. The van der Waals surface area contributed by atoms with Crippen molar-refractivity contribution in [3.63, 3.8) is 0 Å². The normalized spacial score (nSPS) is 19.1. The van der Waals surface area contributed by atoms with Crippen molar-refractivity contribution < 1.29 is 27.1 Å². The Labute approximate surface area is 271 Å². The highest BCUT2D eigenvalue weighted by Crippen LogP contribution is 2.40. The lowest BCUT2D eigenvalue weighted by atomic mass is 9.92. The smallest absolute Gasteiger partial charge is 0.408 e. The summed E-state index contributed by atoms with van der Waals surface area (Å²) in [6.07, 6.45) is 2.63. The number of halogens is 3. The van der Waals surface area contributed by atoms with Crippen molar-refractivity contribution in [2.24, 2.45) is 5.92 Å². The Bertz CT molecular complexity index is 1520. The molecule has 1 aromatic carbocycles. The largest absolute Gasteiger partial charge is 0.444 e. The van der Waals surface area contributed by atoms with Crippen molar-refractivity contribution >= 4 is 25.8 Å². The van der Waals surface area contributed by atoms with Gasteiger partial charge >= 0.3 is 6.09 Å². The molecule has 1 aliphatic rings. The van der Waals surface area contributed by atoms with Gasteiger partial charge < -0.3 is 24.7 Å². The van der Waals surface area contributed by atoms with E-state index in [4.69, 9.17) is 9.16 Å². The number of carbonyl (C=O) groups excluding carboxylic acids is 1. The molecule has 3 atom stereocenters. The third kappa shape index (κ3) is 8.38. The third-order valence-electron chi connectivity index (χ3n) is 8.52. The van der Waals surface area contributed by atoms with Crippen molar-refractivity contribution in [2.75, 3.05) is 23.3 Å². The summed E-state index contributed by atoms with van der Waals surface area (Å²) in [4.78, 5) is 23.7. The number of alkyl carbamates (subject to hydrolysis) is 1. The van der Waals surface area contributed by atoms with Crippen molar-refractivity contribution in [3.05, 3.63) is 71.9 Å². The van der Waals surface area contributed by atoms with Crippen LogP contribution >= 0.6 is 0 Å². The van der Waals surface area contributed by atoms with Crippen LogP contribution in [-0.2, 0) is 15.7 Å². The first-order valence-corrected chi connectivity index (χ1v) is 18.5. The minimum Gasteiger partial charge on any atom is -0.444 e. The number of piperidine rings is 1. The van der Waals surface area contributed by atoms with Crippen LogP contribution in [0.1, 0.15) is 54.2 Å². The van der Waals surface area contributed by atoms with E-state index < -0.39 is 48.7 Å². The van der Waals surface area contributed by atoms with Gasteiger partial charge in [-0.3, -0.25) is 4.98 Å². The molecule has 0 aliphatic carbocycles. The quantitative estimate of drug-likeness (QED) is 0.238. The number of aromatic nitrogens is 2. The Morgan fingerprint density at radius 2 is 1.67 bits per heavy atom. The first-order chi connectivity index (χ1) is 21.4. The highest BCUT2D eigenvalue weighted by Gasteiger charge is 2.45. The van der Waals surface area contributed by atoms with Crippen LogP contribution in [0.2, 0.25) is 18.1 Å². The van der Waals surface area contributed by atoms with Gasteiger partial charge in [0.2, 0.25) is 0 Å². The lowest BCUT2D eigenvalue weighted by molar-refractivity contribution is 0.0336. The van der Waals surface area contributed by atoms with Crippen LogP contribution in [0.25, 0.3) is 11.3 Å². The van der Waals surface area contributed by atoms with E-state index in [0.717, 1.165) is 23.9 Å². The van der Waals surface area contributed by atoms with Crippen LogP contribution in [0, 0.1) is 23.4 Å². The molecule has 0 spiro atoms. The number of nitrogens with one attached hydrogen (secondary N) is 2. The summed E-state index contributed by atoms with van der Waals surface area (Å²) >= 11 is 0. The zero-order valence-electron chi connectivity index (χ0n) is 28.2. The standard InChI is InChI=1S/C34H46F3N5O3Si/c1-21-19-42(20-27(41-32(43)44-33(2,3)4)31(21)45-46(8,9)34(5,6)7)28-15-16-38-18-26(28)39-17-22-13-14-25(37)30(40-22)29-23(35)11-10-12-24(29)36/h10-16,18,21,27,31,39H,17,19-20H2,1-9H3,(H,41,43)/t21-,27+,31+/m0/s1. The average Bonchev–Trinajstić information content (AvgIpc) is 2.93. The monoisotopic (exact) mass is 657 g/mol. The van der Waals surface area contributed by atoms with Gasteiger partial charge in [-0.15, -0.1) is 0 Å². The predicted molar refractivity (Wildman–Crippen MR) is 178 cm³/mol. The van der Waals surface area contributed by atoms with Crippen molar-refractivity contribution in [3.8, 4) is 11.3 Å². The molecule has 1 aliphatic heterocycles. The second kappa shape index (κ2) is 13.6. The number of benzene rings is 1. The maximum absolute atomic E-state index is 14.7. The van der Waals surface area contributed by atoms with Gasteiger partial charge in [-0.05, 0) is 69.2 Å². The minimum atomic E-state index is -2.19. The van der Waals surface area contributed by atoms with Crippen molar-refractivity contribution in [1.29, 1.82) is 0 Å². The van der Waals surface area contributed by atoms with Gasteiger partial charge in [-0.1, -0.05) is 33.8 Å². The zero-order valence-corrected chi connectivity index (χ0v) is 29.2. The number of pyridine rings is 2. The first kappa shape index (κ1) is 35.2. The Balaban J connectivity index is 1.59. The molecule has 0 bridgehead atoms. The van der Waals surface area contributed by atoms with Crippen molar-refractivity contribution in [2.45, 2.75) is 90.9 Å². The molecule has 1 amide bonds. The van der Waals surface area contributed by atoms with Crippen LogP contribution in [0.5, 0.6) is 0 Å². The van der Waals surface area contributed by atoms with Gasteiger partial charge in [0.15, 0.2) is 8.32 Å². The summed E-state index contributed by atoms with van der Waals surface area (Å²) < 4.78 is 56.1. The summed E-state index contributed by atoms with van der Waals surface area (Å²) in [6, 6.07) is 7.48. The average molecular weight is 658 g/mol. The minimum absolute atomic E-state index is 0.0190. The molecule has 250 valence electrons. The Hall–Kier alpha value is -3.64. The molecular weight excluding hydrogens is 611 g/mol. The highest BCUT2D eigenvalue weighted by atomic mass is 28.4. The second-order valence-corrected chi connectivity index (χ2v) is 19.2. The number of ether oxygens (including phenoxy) is 1. The van der Waals surface area contributed by atoms with Gasteiger partial charge in [0, 0.05) is 25.2 Å². The summed E-state index contributed by atoms with van der Waals surface area (Å²) in [7, 11) is -2.19. The number of nitrogens with zero attached hydrogens (tertiary/aromatic N) is 3. The van der Waals surface area contributed by atoms with E-state index in [0.29, 0.717) is 24.5 Å². The van der Waals surface area contributed by atoms with E-state index in [1.807, 2.05) is 26.8 Å². The fourth-order valence-corrected chi connectivity index (χ4v) is 6.66. The molecule has 0 saturated carbocycles. The van der Waals surface area contributed by atoms with E-state index >= 15 is 0 Å². The summed E-state index contributed by atoms with van der Waals surface area (Å²) in [5, 5.41) is 6.39.